The molecule has 0 saturated carbocycles. The number of thiazole rings is 1. The molecule has 4 N–H and O–H groups in total. The minimum atomic E-state index is -0.864. The number of likely N-dealkylation sites (tertiary alicyclic amines) is 1. The zero-order valence-electron chi connectivity index (χ0n) is 46.8. The summed E-state index contributed by atoms with van der Waals surface area (Å²) in [7, 11) is 0. The standard InChI is InChI=1S/C62H79N9O6S/c1-8-42-32-47-48(62(6,7)57-54(55(47)75)46-22-19-41(35-63)31-49(46)66-57)34-50(42)69-25-23-44(24-26-69)68-27-29-70(30-28-68)53(74)16-14-12-10-9-11-13-15-52(73)67-58(61(3,4)5)60(77)71-37-45(72)33-51(71)59(76)64-36-40-17-20-43(21-18-40)56-39(2)65-38-78-56/h17-22,31-32,34,38,44-45,51,58,66,72H,8-16,23-30,33,36-37H2,1-7H3,(H,64,76)(H,67,73)/t45-,51+,58?/m1/s1. The number of anilines is 1. The van der Waals surface area contributed by atoms with Crippen LogP contribution in [0, 0.1) is 23.7 Å². The van der Waals surface area contributed by atoms with Crippen LogP contribution in [-0.2, 0) is 37.6 Å². The van der Waals surface area contributed by atoms with Crippen molar-refractivity contribution in [1.29, 1.82) is 5.26 Å². The largest absolute Gasteiger partial charge is 0.391 e. The Balaban J connectivity index is 0.660. The number of amides is 4. The Kier molecular flexibility index (Phi) is 17.3. The summed E-state index contributed by atoms with van der Waals surface area (Å²) in [5.74, 6) is -0.634. The number of H-pyrrole nitrogens is 1. The highest BCUT2D eigenvalue weighted by Crippen LogP contribution is 2.46. The van der Waals surface area contributed by atoms with E-state index in [2.05, 4.69) is 69.4 Å². The average Bonchev–Trinajstić information content (AvgIpc) is 4.32. The number of hydrogen-bond donors (Lipinski definition) is 4. The predicted molar refractivity (Wildman–Crippen MR) is 306 cm³/mol. The van der Waals surface area contributed by atoms with Gasteiger partial charge in [-0.25, -0.2) is 4.98 Å². The summed E-state index contributed by atoms with van der Waals surface area (Å²) in [6, 6.07) is 18.9. The monoisotopic (exact) mass is 1080 g/mol. The van der Waals surface area contributed by atoms with Crippen molar-refractivity contribution < 1.29 is 29.1 Å². The molecule has 5 aromatic rings. The minimum Gasteiger partial charge on any atom is -0.391 e. The van der Waals surface area contributed by atoms with E-state index in [1.54, 1.807) is 17.4 Å². The molecule has 15 nitrogen and oxygen atoms in total. The number of carbonyl (C=O) groups excluding carboxylic acids is 5. The van der Waals surface area contributed by atoms with E-state index < -0.39 is 29.0 Å². The second kappa shape index (κ2) is 23.9. The number of unbranched alkanes of at least 4 members (excludes halogenated alkanes) is 5. The average molecular weight is 1080 g/mol. The molecule has 1 aliphatic carbocycles. The molecule has 4 amide bonds. The quantitative estimate of drug-likeness (QED) is 0.0616. The maximum absolute atomic E-state index is 14.2. The molecular formula is C62H79N9O6S. The van der Waals surface area contributed by atoms with E-state index in [1.807, 2.05) is 74.5 Å². The van der Waals surface area contributed by atoms with Crippen LogP contribution >= 0.6 is 11.3 Å². The second-order valence-electron chi connectivity index (χ2n) is 23.8. The lowest BCUT2D eigenvalue weighted by Gasteiger charge is -2.44. The fraction of sp³-hybridized carbons (Fsp3) is 0.532. The number of nitrogens with zero attached hydrogens (tertiary/aromatic N) is 6. The Hall–Kier alpha value is -6.41. The van der Waals surface area contributed by atoms with Gasteiger partial charge >= 0.3 is 0 Å². The van der Waals surface area contributed by atoms with Gasteiger partial charge in [0.05, 0.1) is 39.4 Å². The van der Waals surface area contributed by atoms with Gasteiger partial charge in [0, 0.05) is 111 Å². The second-order valence-corrected chi connectivity index (χ2v) is 24.6. The van der Waals surface area contributed by atoms with Crippen molar-refractivity contribution in [2.45, 2.75) is 162 Å². The van der Waals surface area contributed by atoms with Crippen molar-refractivity contribution in [1.82, 2.24) is 35.3 Å². The molecule has 0 bridgehead atoms. The van der Waals surface area contributed by atoms with Gasteiger partial charge in [-0.05, 0) is 91.0 Å². The smallest absolute Gasteiger partial charge is 0.246 e. The molecule has 1 unspecified atom stereocenters. The summed E-state index contributed by atoms with van der Waals surface area (Å²) in [6.45, 7) is 19.7. The molecule has 3 aromatic carbocycles. The first kappa shape index (κ1) is 56.3. The van der Waals surface area contributed by atoms with Gasteiger partial charge in [0.15, 0.2) is 5.78 Å². The molecule has 9 rings (SSSR count). The summed E-state index contributed by atoms with van der Waals surface area (Å²) in [5.41, 5.74) is 11.0. The first-order valence-corrected chi connectivity index (χ1v) is 29.3. The van der Waals surface area contributed by atoms with Crippen molar-refractivity contribution >= 4 is 57.3 Å². The van der Waals surface area contributed by atoms with Crippen molar-refractivity contribution in [3.05, 3.63) is 105 Å². The molecule has 4 aliphatic rings. The van der Waals surface area contributed by atoms with Crippen LogP contribution in [0.3, 0.4) is 0 Å². The Labute approximate surface area is 464 Å². The molecule has 5 heterocycles. The van der Waals surface area contributed by atoms with Crippen molar-refractivity contribution in [3.8, 4) is 16.5 Å². The van der Waals surface area contributed by atoms with Crippen LogP contribution < -0.4 is 15.5 Å². The van der Waals surface area contributed by atoms with Crippen LogP contribution in [0.25, 0.3) is 21.3 Å². The van der Waals surface area contributed by atoms with Crippen molar-refractivity contribution in [3.63, 3.8) is 0 Å². The molecule has 414 valence electrons. The third-order valence-corrected chi connectivity index (χ3v) is 18.0. The Morgan fingerprint density at radius 2 is 1.62 bits per heavy atom. The fourth-order valence-electron chi connectivity index (χ4n) is 12.4. The topological polar surface area (TPSA) is 195 Å². The summed E-state index contributed by atoms with van der Waals surface area (Å²) < 4.78 is 0. The summed E-state index contributed by atoms with van der Waals surface area (Å²) in [5, 5.41) is 27.0. The Morgan fingerprint density at radius 3 is 2.27 bits per heavy atom. The van der Waals surface area contributed by atoms with Gasteiger partial charge in [-0.3, -0.25) is 28.9 Å². The van der Waals surface area contributed by atoms with E-state index >= 15 is 0 Å². The molecule has 3 fully saturated rings. The first-order valence-electron chi connectivity index (χ1n) is 28.5. The Bertz CT molecular complexity index is 3060. The number of aliphatic hydroxyl groups is 1. The predicted octanol–water partition coefficient (Wildman–Crippen LogP) is 8.95. The van der Waals surface area contributed by atoms with Crippen LogP contribution in [-0.4, -0.2) is 129 Å². The highest BCUT2D eigenvalue weighted by atomic mass is 32.1. The van der Waals surface area contributed by atoms with E-state index in [4.69, 9.17) is 0 Å². The van der Waals surface area contributed by atoms with Crippen LogP contribution in [0.1, 0.15) is 162 Å². The number of nitriles is 1. The van der Waals surface area contributed by atoms with E-state index in [9.17, 15) is 34.3 Å². The van der Waals surface area contributed by atoms with Crippen molar-refractivity contribution in [2.75, 3.05) is 50.7 Å². The number of carbonyl (C=O) groups is 5. The molecule has 3 atom stereocenters. The fourth-order valence-corrected chi connectivity index (χ4v) is 13.2. The first-order chi connectivity index (χ1) is 37.4. The highest BCUT2D eigenvalue weighted by Gasteiger charge is 2.45. The van der Waals surface area contributed by atoms with Gasteiger partial charge in [-0.2, -0.15) is 5.26 Å². The Morgan fingerprint density at radius 1 is 0.923 bits per heavy atom. The number of piperidine rings is 1. The van der Waals surface area contributed by atoms with Gasteiger partial charge in [0.1, 0.15) is 12.1 Å². The number of hydrogen-bond acceptors (Lipinski definition) is 11. The third-order valence-electron chi connectivity index (χ3n) is 17.0. The number of aromatic nitrogens is 2. The van der Waals surface area contributed by atoms with Gasteiger partial charge < -0.3 is 35.4 Å². The number of fused-ring (bicyclic) bond motifs is 4. The number of β-amino-alcohol motifs (C(OH)–C–C–N with tert-alkyl or cyclic N) is 1. The van der Waals surface area contributed by atoms with E-state index in [0.717, 1.165) is 146 Å². The van der Waals surface area contributed by atoms with Crippen LogP contribution in [0.2, 0.25) is 0 Å². The molecule has 2 aromatic heterocycles. The summed E-state index contributed by atoms with van der Waals surface area (Å²) in [6.07, 6.45) is 8.35. The van der Waals surface area contributed by atoms with Gasteiger partial charge in [-0.1, -0.05) is 97.6 Å². The lowest BCUT2D eigenvalue weighted by atomic mass is 9.70. The highest BCUT2D eigenvalue weighted by molar-refractivity contribution is 7.13. The summed E-state index contributed by atoms with van der Waals surface area (Å²) in [4.78, 5) is 85.9. The van der Waals surface area contributed by atoms with Crippen LogP contribution in [0.15, 0.2) is 60.1 Å². The van der Waals surface area contributed by atoms with E-state index in [1.165, 1.54) is 16.2 Å². The molecule has 78 heavy (non-hydrogen) atoms. The molecule has 16 heteroatoms. The number of aliphatic hydroxyl groups excluding tert-OH is 1. The minimum absolute atomic E-state index is 0.0262. The van der Waals surface area contributed by atoms with E-state index in [0.29, 0.717) is 24.4 Å². The van der Waals surface area contributed by atoms with Gasteiger partial charge in [-0.15, -0.1) is 11.3 Å². The summed E-state index contributed by atoms with van der Waals surface area (Å²) >= 11 is 1.58. The van der Waals surface area contributed by atoms with Crippen LogP contribution in [0.5, 0.6) is 0 Å². The molecule has 0 spiro atoms. The number of benzene rings is 3. The number of aromatic amines is 1. The normalized spacial score (nSPS) is 19.1. The van der Waals surface area contributed by atoms with Crippen LogP contribution in [0.4, 0.5) is 5.69 Å². The lowest BCUT2D eigenvalue weighted by molar-refractivity contribution is -0.144. The maximum atomic E-state index is 14.2. The molecule has 0 radical (unpaired) electrons. The van der Waals surface area contributed by atoms with Crippen molar-refractivity contribution in [2.24, 2.45) is 5.41 Å². The lowest BCUT2D eigenvalue weighted by Crippen LogP contribution is -2.57. The van der Waals surface area contributed by atoms with E-state index in [-0.39, 0.29) is 55.3 Å². The number of nitrogens with one attached hydrogen (secondary N) is 3. The zero-order chi connectivity index (χ0) is 55.5. The van der Waals surface area contributed by atoms with Gasteiger partial charge in [0.25, 0.3) is 0 Å². The zero-order valence-corrected chi connectivity index (χ0v) is 47.6. The number of piperazine rings is 1. The maximum Gasteiger partial charge on any atom is 0.246 e. The third kappa shape index (κ3) is 12.1. The number of aryl methyl sites for hydroxylation is 2. The number of ketones is 1. The van der Waals surface area contributed by atoms with Gasteiger partial charge in [0.2, 0.25) is 23.6 Å². The SMILES string of the molecule is CCc1cc2c(cc1N1CCC(N3CCN(C(=O)CCCCCCCCC(=O)NC(C(=O)N4C[C@H](O)C[C@H]4C(=O)NCc4ccc(-c5scnc5C)cc4)C(C)(C)C)CC3)CC1)C(C)(C)c1[nH]c3cc(C#N)ccc3c1C2=O. The molecular weight excluding hydrogens is 999 g/mol. The molecule has 3 aliphatic heterocycles. The molecule has 3 saturated heterocycles. The number of rotatable bonds is 18.